The van der Waals surface area contributed by atoms with E-state index in [-0.39, 0.29) is 24.8 Å². The van der Waals surface area contributed by atoms with Gasteiger partial charge in [-0.3, -0.25) is 4.90 Å². The Labute approximate surface area is 129 Å². The molecule has 0 spiro atoms. The normalized spacial score (nSPS) is 17.4. The highest BCUT2D eigenvalue weighted by atomic mass is 35.5. The zero-order valence-corrected chi connectivity index (χ0v) is 13.6. The maximum absolute atomic E-state index is 3.44. The van der Waals surface area contributed by atoms with E-state index in [1.54, 1.807) is 0 Å². The summed E-state index contributed by atoms with van der Waals surface area (Å²) in [6.07, 6.45) is 6.05. The van der Waals surface area contributed by atoms with Gasteiger partial charge in [-0.1, -0.05) is 19.8 Å². The number of nitrogens with zero attached hydrogens (tertiary/aromatic N) is 2. The van der Waals surface area contributed by atoms with Gasteiger partial charge in [-0.2, -0.15) is 0 Å². The van der Waals surface area contributed by atoms with Crippen molar-refractivity contribution in [2.75, 3.05) is 26.2 Å². The molecule has 5 heteroatoms. The van der Waals surface area contributed by atoms with Gasteiger partial charge in [-0.25, -0.2) is 0 Å². The van der Waals surface area contributed by atoms with E-state index in [9.17, 15) is 0 Å². The Bertz CT molecular complexity index is 335. The van der Waals surface area contributed by atoms with Gasteiger partial charge in [-0.15, -0.1) is 24.8 Å². The summed E-state index contributed by atoms with van der Waals surface area (Å²) in [4.78, 5) is 2.64. The molecule has 0 amide bonds. The molecule has 0 bridgehead atoms. The van der Waals surface area contributed by atoms with Gasteiger partial charge in [0, 0.05) is 45.1 Å². The number of unbranched alkanes of at least 4 members (excludes halogenated alkanes) is 1. The second-order valence-electron chi connectivity index (χ2n) is 4.99. The summed E-state index contributed by atoms with van der Waals surface area (Å²) in [6, 6.07) is 5.05. The van der Waals surface area contributed by atoms with Gasteiger partial charge in [0.25, 0.3) is 0 Å². The standard InChI is InChI=1S/C14H25N3.2ClH/c1-3-4-6-14(13-7-5-10-16(13)2)17-11-8-15-9-12-17;;/h5,7,10,14-15H,3-4,6,8-9,11-12H2,1-2H3;2*1H/t14-;;/m0../s1. The molecule has 2 rings (SSSR count). The third-order valence-corrected chi connectivity index (χ3v) is 3.75. The van der Waals surface area contributed by atoms with Crippen molar-refractivity contribution in [1.82, 2.24) is 14.8 Å². The third kappa shape index (κ3) is 4.99. The van der Waals surface area contributed by atoms with E-state index in [0.29, 0.717) is 6.04 Å². The first-order valence-corrected chi connectivity index (χ1v) is 6.89. The lowest BCUT2D eigenvalue weighted by Gasteiger charge is -2.35. The molecular formula is C14H27Cl2N3. The van der Waals surface area contributed by atoms with Gasteiger partial charge in [0.2, 0.25) is 0 Å². The van der Waals surface area contributed by atoms with Crippen LogP contribution in [0, 0.1) is 0 Å². The minimum absolute atomic E-state index is 0. The number of rotatable bonds is 5. The number of hydrogen-bond acceptors (Lipinski definition) is 2. The molecule has 3 nitrogen and oxygen atoms in total. The molecule has 1 N–H and O–H groups in total. The number of nitrogens with one attached hydrogen (secondary N) is 1. The number of piperazine rings is 1. The summed E-state index contributed by atoms with van der Waals surface area (Å²) in [5.74, 6) is 0. The fraction of sp³-hybridized carbons (Fsp3) is 0.714. The molecule has 0 aromatic carbocycles. The molecule has 1 atom stereocenters. The van der Waals surface area contributed by atoms with Gasteiger partial charge in [0.1, 0.15) is 0 Å². The Balaban J connectivity index is 0.00000162. The van der Waals surface area contributed by atoms with E-state index in [1.807, 2.05) is 0 Å². The summed E-state index contributed by atoms with van der Waals surface area (Å²) >= 11 is 0. The number of aromatic nitrogens is 1. The molecule has 1 fully saturated rings. The minimum Gasteiger partial charge on any atom is -0.353 e. The van der Waals surface area contributed by atoms with Crippen molar-refractivity contribution in [2.45, 2.75) is 32.2 Å². The fourth-order valence-corrected chi connectivity index (χ4v) is 2.73. The second-order valence-corrected chi connectivity index (χ2v) is 4.99. The Hall–Kier alpha value is -0.220. The first kappa shape index (κ1) is 18.8. The number of aryl methyl sites for hydroxylation is 1. The van der Waals surface area contributed by atoms with Crippen LogP contribution in [0.25, 0.3) is 0 Å². The molecule has 0 saturated carbocycles. The van der Waals surface area contributed by atoms with Crippen LogP contribution >= 0.6 is 24.8 Å². The van der Waals surface area contributed by atoms with Gasteiger partial charge in [0.05, 0.1) is 6.04 Å². The van der Waals surface area contributed by atoms with E-state index >= 15 is 0 Å². The Morgan fingerprint density at radius 3 is 2.47 bits per heavy atom. The molecule has 2 heterocycles. The molecule has 0 aliphatic carbocycles. The van der Waals surface area contributed by atoms with E-state index in [0.717, 1.165) is 13.1 Å². The molecule has 1 aromatic rings. The van der Waals surface area contributed by atoms with Crippen LogP contribution in [0.4, 0.5) is 0 Å². The lowest BCUT2D eigenvalue weighted by molar-refractivity contribution is 0.158. The van der Waals surface area contributed by atoms with Crippen molar-refractivity contribution in [3.8, 4) is 0 Å². The zero-order valence-electron chi connectivity index (χ0n) is 12.0. The van der Waals surface area contributed by atoms with Crippen LogP contribution in [-0.4, -0.2) is 35.6 Å². The maximum Gasteiger partial charge on any atom is 0.0501 e. The quantitative estimate of drug-likeness (QED) is 0.902. The third-order valence-electron chi connectivity index (χ3n) is 3.75. The molecule has 0 unspecified atom stereocenters. The molecule has 19 heavy (non-hydrogen) atoms. The van der Waals surface area contributed by atoms with Gasteiger partial charge >= 0.3 is 0 Å². The summed E-state index contributed by atoms with van der Waals surface area (Å²) in [5, 5.41) is 3.44. The lowest BCUT2D eigenvalue weighted by Crippen LogP contribution is -2.45. The highest BCUT2D eigenvalue weighted by Crippen LogP contribution is 2.26. The molecule has 112 valence electrons. The van der Waals surface area contributed by atoms with Crippen LogP contribution in [0.5, 0.6) is 0 Å². The number of hydrogen-bond donors (Lipinski definition) is 1. The van der Waals surface area contributed by atoms with Crippen molar-refractivity contribution < 1.29 is 0 Å². The van der Waals surface area contributed by atoms with Crippen LogP contribution in [0.15, 0.2) is 18.3 Å². The molecule has 1 aliphatic heterocycles. The predicted molar refractivity (Wildman–Crippen MR) is 86.6 cm³/mol. The Morgan fingerprint density at radius 1 is 1.26 bits per heavy atom. The van der Waals surface area contributed by atoms with Crippen LogP contribution in [0.2, 0.25) is 0 Å². The fourth-order valence-electron chi connectivity index (χ4n) is 2.73. The van der Waals surface area contributed by atoms with Crippen molar-refractivity contribution in [3.63, 3.8) is 0 Å². The summed E-state index contributed by atoms with van der Waals surface area (Å²) in [7, 11) is 2.16. The van der Waals surface area contributed by atoms with Crippen LogP contribution in [0.3, 0.4) is 0 Å². The summed E-state index contributed by atoms with van der Waals surface area (Å²) in [5.41, 5.74) is 1.47. The average molecular weight is 308 g/mol. The number of halogens is 2. The van der Waals surface area contributed by atoms with Crippen molar-refractivity contribution in [1.29, 1.82) is 0 Å². The Morgan fingerprint density at radius 2 is 1.95 bits per heavy atom. The molecule has 1 saturated heterocycles. The van der Waals surface area contributed by atoms with E-state index < -0.39 is 0 Å². The summed E-state index contributed by atoms with van der Waals surface area (Å²) < 4.78 is 2.28. The molecular weight excluding hydrogens is 281 g/mol. The molecule has 1 aliphatic rings. The smallest absolute Gasteiger partial charge is 0.0501 e. The van der Waals surface area contributed by atoms with E-state index in [2.05, 4.69) is 47.1 Å². The van der Waals surface area contributed by atoms with Gasteiger partial charge in [-0.05, 0) is 18.6 Å². The zero-order chi connectivity index (χ0) is 12.1. The van der Waals surface area contributed by atoms with Crippen molar-refractivity contribution >= 4 is 24.8 Å². The minimum atomic E-state index is 0. The topological polar surface area (TPSA) is 20.2 Å². The predicted octanol–water partition coefficient (Wildman–Crippen LogP) is 3.01. The highest BCUT2D eigenvalue weighted by Gasteiger charge is 2.23. The Kier molecular flexibility index (Phi) is 9.54. The van der Waals surface area contributed by atoms with Crippen LogP contribution in [-0.2, 0) is 7.05 Å². The monoisotopic (exact) mass is 307 g/mol. The highest BCUT2D eigenvalue weighted by molar-refractivity contribution is 5.85. The lowest BCUT2D eigenvalue weighted by atomic mass is 10.0. The first-order valence-electron chi connectivity index (χ1n) is 6.89. The van der Waals surface area contributed by atoms with E-state index in [4.69, 9.17) is 0 Å². The SMILES string of the molecule is CCCC[C@@H](c1cccn1C)N1CCNCC1.Cl.Cl. The van der Waals surface area contributed by atoms with Crippen molar-refractivity contribution in [3.05, 3.63) is 24.0 Å². The van der Waals surface area contributed by atoms with Crippen molar-refractivity contribution in [2.24, 2.45) is 7.05 Å². The van der Waals surface area contributed by atoms with E-state index in [1.165, 1.54) is 38.0 Å². The average Bonchev–Trinajstić information content (AvgIpc) is 2.78. The van der Waals surface area contributed by atoms with Gasteiger partial charge < -0.3 is 9.88 Å². The molecule has 0 radical (unpaired) electrons. The molecule has 1 aromatic heterocycles. The largest absolute Gasteiger partial charge is 0.353 e. The van der Waals surface area contributed by atoms with Gasteiger partial charge in [0.15, 0.2) is 0 Å². The maximum atomic E-state index is 3.44. The first-order chi connectivity index (χ1) is 8.33. The second kappa shape index (κ2) is 9.65. The summed E-state index contributed by atoms with van der Waals surface area (Å²) in [6.45, 7) is 6.90. The van der Waals surface area contributed by atoms with Crippen LogP contribution in [0.1, 0.15) is 37.9 Å². The van der Waals surface area contributed by atoms with Crippen LogP contribution < -0.4 is 5.32 Å².